The number of hydrogen-bond acceptors (Lipinski definition) is 3. The number of aromatic nitrogens is 1. The van der Waals surface area contributed by atoms with Gasteiger partial charge in [-0.05, 0) is 55.2 Å². The number of pyridine rings is 1. The molecule has 0 amide bonds. The molecule has 1 aliphatic rings. The second-order valence-corrected chi connectivity index (χ2v) is 8.16. The van der Waals surface area contributed by atoms with Crippen LogP contribution in [0.1, 0.15) is 44.7 Å². The zero-order valence-corrected chi connectivity index (χ0v) is 17.7. The van der Waals surface area contributed by atoms with Crippen molar-refractivity contribution < 1.29 is 4.39 Å². The van der Waals surface area contributed by atoms with E-state index in [0.29, 0.717) is 13.1 Å². The van der Waals surface area contributed by atoms with Gasteiger partial charge < -0.3 is 15.5 Å². The molecule has 29 heavy (non-hydrogen) atoms. The highest BCUT2D eigenvalue weighted by atomic mass is 19.1. The average Bonchev–Trinajstić information content (AvgIpc) is 3.25. The van der Waals surface area contributed by atoms with Crippen LogP contribution in [0.4, 0.5) is 10.2 Å². The van der Waals surface area contributed by atoms with E-state index in [1.165, 1.54) is 18.9 Å². The van der Waals surface area contributed by atoms with Gasteiger partial charge in [-0.25, -0.2) is 14.4 Å². The topological polar surface area (TPSA) is 52.6 Å². The lowest BCUT2D eigenvalue weighted by molar-refractivity contribution is 0.503. The van der Waals surface area contributed by atoms with E-state index < -0.39 is 0 Å². The summed E-state index contributed by atoms with van der Waals surface area (Å²) in [5, 5.41) is 6.71. The molecule has 1 aromatic heterocycles. The summed E-state index contributed by atoms with van der Waals surface area (Å²) in [7, 11) is 0. The van der Waals surface area contributed by atoms with Gasteiger partial charge in [-0.2, -0.15) is 0 Å². The fourth-order valence-corrected chi connectivity index (χ4v) is 3.51. The van der Waals surface area contributed by atoms with Gasteiger partial charge in [0, 0.05) is 37.8 Å². The predicted molar refractivity (Wildman–Crippen MR) is 118 cm³/mol. The number of aliphatic imine (C=N–C) groups is 1. The van der Waals surface area contributed by atoms with Crippen LogP contribution in [0.2, 0.25) is 0 Å². The highest BCUT2D eigenvalue weighted by Gasteiger charge is 2.21. The van der Waals surface area contributed by atoms with Crippen LogP contribution in [0.25, 0.3) is 0 Å². The number of rotatable bonds is 7. The van der Waals surface area contributed by atoms with E-state index in [-0.39, 0.29) is 11.2 Å². The van der Waals surface area contributed by atoms with Gasteiger partial charge in [0.05, 0.1) is 6.54 Å². The molecule has 0 bridgehead atoms. The average molecular weight is 398 g/mol. The van der Waals surface area contributed by atoms with Crippen molar-refractivity contribution in [1.82, 2.24) is 15.6 Å². The first kappa shape index (κ1) is 21.1. The van der Waals surface area contributed by atoms with Crippen molar-refractivity contribution in [3.63, 3.8) is 0 Å². The van der Waals surface area contributed by atoms with E-state index in [1.54, 1.807) is 12.1 Å². The maximum atomic E-state index is 13.6. The quantitative estimate of drug-likeness (QED) is 0.550. The molecule has 0 saturated carbocycles. The smallest absolute Gasteiger partial charge is 0.191 e. The standard InChI is InChI=1S/C23H32FN5/c1-4-25-22(28-17-23(2,3)19-8-7-9-20(24)15-19)27-16-18-10-11-26-21(14-18)29-12-5-6-13-29/h7-11,14-15H,4-6,12-13,16-17H2,1-3H3,(H2,25,27,28). The number of anilines is 1. The Morgan fingerprint density at radius 3 is 2.69 bits per heavy atom. The van der Waals surface area contributed by atoms with Crippen molar-refractivity contribution in [3.8, 4) is 0 Å². The maximum Gasteiger partial charge on any atom is 0.191 e. The minimum absolute atomic E-state index is 0.206. The molecule has 1 saturated heterocycles. The summed E-state index contributed by atoms with van der Waals surface area (Å²) in [5.41, 5.74) is 1.88. The van der Waals surface area contributed by atoms with Crippen LogP contribution in [-0.2, 0) is 12.0 Å². The first-order chi connectivity index (χ1) is 14.0. The van der Waals surface area contributed by atoms with Crippen molar-refractivity contribution in [2.75, 3.05) is 31.1 Å². The van der Waals surface area contributed by atoms with Crippen LogP contribution < -0.4 is 15.5 Å². The monoisotopic (exact) mass is 397 g/mol. The van der Waals surface area contributed by atoms with Gasteiger partial charge in [0.25, 0.3) is 0 Å². The maximum absolute atomic E-state index is 13.6. The summed E-state index contributed by atoms with van der Waals surface area (Å²) >= 11 is 0. The van der Waals surface area contributed by atoms with E-state index >= 15 is 0 Å². The van der Waals surface area contributed by atoms with Gasteiger partial charge in [0.2, 0.25) is 0 Å². The molecule has 2 N–H and O–H groups in total. The number of nitrogens with one attached hydrogen (secondary N) is 2. The highest BCUT2D eigenvalue weighted by molar-refractivity contribution is 5.79. The second kappa shape index (κ2) is 9.72. The van der Waals surface area contributed by atoms with Crippen molar-refractivity contribution in [2.45, 2.75) is 45.6 Å². The fourth-order valence-electron chi connectivity index (χ4n) is 3.51. The first-order valence-electron chi connectivity index (χ1n) is 10.5. The van der Waals surface area contributed by atoms with Crippen LogP contribution in [0.15, 0.2) is 47.6 Å². The van der Waals surface area contributed by atoms with Gasteiger partial charge in [-0.3, -0.25) is 0 Å². The highest BCUT2D eigenvalue weighted by Crippen LogP contribution is 2.23. The van der Waals surface area contributed by atoms with Gasteiger partial charge in [0.1, 0.15) is 11.6 Å². The molecule has 1 fully saturated rings. The molecule has 0 spiro atoms. The van der Waals surface area contributed by atoms with E-state index in [4.69, 9.17) is 4.99 Å². The number of halogens is 1. The van der Waals surface area contributed by atoms with Gasteiger partial charge in [0.15, 0.2) is 5.96 Å². The molecule has 5 nitrogen and oxygen atoms in total. The molecule has 1 aliphatic heterocycles. The molecule has 156 valence electrons. The Bertz CT molecular complexity index is 828. The summed E-state index contributed by atoms with van der Waals surface area (Å²) in [6, 6.07) is 10.9. The number of benzene rings is 1. The molecule has 1 aromatic carbocycles. The van der Waals surface area contributed by atoms with E-state index in [2.05, 4.69) is 40.4 Å². The first-order valence-corrected chi connectivity index (χ1v) is 10.5. The number of nitrogens with zero attached hydrogens (tertiary/aromatic N) is 3. The minimum atomic E-state index is -0.224. The zero-order valence-electron chi connectivity index (χ0n) is 17.7. The van der Waals surface area contributed by atoms with E-state index in [0.717, 1.165) is 42.5 Å². The Balaban J connectivity index is 1.64. The third-order valence-corrected chi connectivity index (χ3v) is 5.31. The Labute approximate surface area is 173 Å². The third-order valence-electron chi connectivity index (χ3n) is 5.31. The summed E-state index contributed by atoms with van der Waals surface area (Å²) in [6.07, 6.45) is 4.34. The zero-order chi connectivity index (χ0) is 20.7. The molecule has 0 unspecified atom stereocenters. The van der Waals surface area contributed by atoms with E-state index in [9.17, 15) is 4.39 Å². The summed E-state index contributed by atoms with van der Waals surface area (Å²) in [6.45, 7) is 10.4. The Kier molecular flexibility index (Phi) is 7.07. The molecule has 0 atom stereocenters. The number of hydrogen-bond donors (Lipinski definition) is 2. The van der Waals surface area contributed by atoms with Crippen molar-refractivity contribution in [1.29, 1.82) is 0 Å². The Morgan fingerprint density at radius 2 is 1.97 bits per heavy atom. The molecule has 0 radical (unpaired) electrons. The summed E-state index contributed by atoms with van der Waals surface area (Å²) < 4.78 is 13.6. The second-order valence-electron chi connectivity index (χ2n) is 8.16. The minimum Gasteiger partial charge on any atom is -0.357 e. The van der Waals surface area contributed by atoms with Crippen molar-refractivity contribution in [3.05, 3.63) is 59.5 Å². The van der Waals surface area contributed by atoms with Crippen molar-refractivity contribution >= 4 is 11.8 Å². The molecule has 3 rings (SSSR count). The lowest BCUT2D eigenvalue weighted by atomic mass is 9.84. The van der Waals surface area contributed by atoms with Crippen LogP contribution in [-0.4, -0.2) is 37.1 Å². The lowest BCUT2D eigenvalue weighted by Gasteiger charge is -2.27. The SMILES string of the molecule is CCNC(=NCc1ccnc(N2CCCC2)c1)NCC(C)(C)c1cccc(F)c1. The van der Waals surface area contributed by atoms with Crippen LogP contribution in [0.5, 0.6) is 0 Å². The third kappa shape index (κ3) is 5.92. The molecule has 0 aliphatic carbocycles. The summed E-state index contributed by atoms with van der Waals surface area (Å²) in [4.78, 5) is 11.6. The van der Waals surface area contributed by atoms with Gasteiger partial charge in [-0.1, -0.05) is 26.0 Å². The Morgan fingerprint density at radius 1 is 1.17 bits per heavy atom. The lowest BCUT2D eigenvalue weighted by Crippen LogP contribution is -2.43. The molecule has 2 heterocycles. The van der Waals surface area contributed by atoms with Crippen LogP contribution in [0.3, 0.4) is 0 Å². The number of guanidine groups is 1. The van der Waals surface area contributed by atoms with Crippen LogP contribution >= 0.6 is 0 Å². The predicted octanol–water partition coefficient (Wildman–Crippen LogP) is 3.85. The van der Waals surface area contributed by atoms with Crippen LogP contribution in [0, 0.1) is 5.82 Å². The van der Waals surface area contributed by atoms with Gasteiger partial charge >= 0.3 is 0 Å². The summed E-state index contributed by atoms with van der Waals surface area (Å²) in [5.74, 6) is 1.60. The van der Waals surface area contributed by atoms with Crippen molar-refractivity contribution in [2.24, 2.45) is 4.99 Å². The molecular formula is C23H32FN5. The normalized spacial score (nSPS) is 14.9. The van der Waals surface area contributed by atoms with E-state index in [1.807, 2.05) is 25.3 Å². The Hall–Kier alpha value is -2.63. The molecule has 2 aromatic rings. The fraction of sp³-hybridized carbons (Fsp3) is 0.478. The largest absolute Gasteiger partial charge is 0.357 e. The van der Waals surface area contributed by atoms with Gasteiger partial charge in [-0.15, -0.1) is 0 Å². The molecule has 6 heteroatoms. The molecular weight excluding hydrogens is 365 g/mol.